The van der Waals surface area contributed by atoms with E-state index in [2.05, 4.69) is 60.4 Å². The maximum atomic E-state index is 5.85. The van der Waals surface area contributed by atoms with Gasteiger partial charge in [0.25, 0.3) is 5.89 Å². The summed E-state index contributed by atoms with van der Waals surface area (Å²) >= 11 is 0. The lowest BCUT2D eigenvalue weighted by Crippen LogP contribution is -1.96. The van der Waals surface area contributed by atoms with Crippen molar-refractivity contribution in [3.05, 3.63) is 78.4 Å². The van der Waals surface area contributed by atoms with Crippen molar-refractivity contribution in [2.45, 2.75) is 46.0 Å². The Labute approximate surface area is 190 Å². The van der Waals surface area contributed by atoms with E-state index in [-0.39, 0.29) is 0 Å². The molecule has 0 unspecified atom stereocenters. The molecule has 4 rings (SSSR count). The third kappa shape index (κ3) is 5.44. The van der Waals surface area contributed by atoms with E-state index in [9.17, 15) is 0 Å². The van der Waals surface area contributed by atoms with Gasteiger partial charge in [0.15, 0.2) is 0 Å². The van der Waals surface area contributed by atoms with Crippen molar-refractivity contribution in [3.63, 3.8) is 0 Å². The van der Waals surface area contributed by atoms with E-state index in [0.29, 0.717) is 11.7 Å². The Balaban J connectivity index is 1.39. The summed E-state index contributed by atoms with van der Waals surface area (Å²) in [7, 11) is 0. The molecule has 0 saturated carbocycles. The van der Waals surface area contributed by atoms with Crippen LogP contribution in [0.25, 0.3) is 34.0 Å². The number of aromatic nitrogens is 2. The second-order valence-electron chi connectivity index (χ2n) is 7.98. The lowest BCUT2D eigenvalue weighted by molar-refractivity contribution is 0.305. The normalized spacial score (nSPS) is 10.9. The summed E-state index contributed by atoms with van der Waals surface area (Å²) in [5.74, 6) is 2.06. The molecule has 0 radical (unpaired) electrons. The smallest absolute Gasteiger partial charge is 0.258 e. The standard InChI is InChI=1S/C28H30N2O2/c1-3-5-6-7-20-31-26-18-16-23(17-19-26)22-12-14-24(15-13-22)27-29-28(32-30-27)25-10-8-21(4-2)9-11-25/h8-19H,3-7,20H2,1-2H3. The van der Waals surface area contributed by atoms with Gasteiger partial charge in [-0.3, -0.25) is 0 Å². The third-order valence-electron chi connectivity index (χ3n) is 5.63. The average molecular weight is 427 g/mol. The van der Waals surface area contributed by atoms with Crippen LogP contribution in [-0.2, 0) is 6.42 Å². The average Bonchev–Trinajstić information content (AvgIpc) is 3.35. The van der Waals surface area contributed by atoms with Crippen LogP contribution in [-0.4, -0.2) is 16.7 Å². The van der Waals surface area contributed by atoms with Crippen LogP contribution in [0.5, 0.6) is 5.75 Å². The maximum Gasteiger partial charge on any atom is 0.258 e. The predicted octanol–water partition coefficient (Wildman–Crippen LogP) is 7.59. The first kappa shape index (κ1) is 21.8. The molecule has 1 heterocycles. The number of aryl methyl sites for hydroxylation is 1. The van der Waals surface area contributed by atoms with Crippen LogP contribution in [0.4, 0.5) is 0 Å². The van der Waals surface area contributed by atoms with Crippen LogP contribution in [0.1, 0.15) is 45.1 Å². The lowest BCUT2D eigenvalue weighted by atomic mass is 10.0. The molecule has 4 heteroatoms. The van der Waals surface area contributed by atoms with Crippen LogP contribution < -0.4 is 4.74 Å². The number of nitrogens with zero attached hydrogens (tertiary/aromatic N) is 2. The van der Waals surface area contributed by atoms with Gasteiger partial charge in [0, 0.05) is 11.1 Å². The topological polar surface area (TPSA) is 48.2 Å². The Hall–Kier alpha value is -3.40. The monoisotopic (exact) mass is 426 g/mol. The molecule has 0 amide bonds. The van der Waals surface area contributed by atoms with E-state index >= 15 is 0 Å². The van der Waals surface area contributed by atoms with Crippen molar-refractivity contribution in [2.24, 2.45) is 0 Å². The first-order valence-electron chi connectivity index (χ1n) is 11.5. The molecule has 4 nitrogen and oxygen atoms in total. The van der Waals surface area contributed by atoms with E-state index in [4.69, 9.17) is 9.26 Å². The zero-order chi connectivity index (χ0) is 22.2. The summed E-state index contributed by atoms with van der Waals surface area (Å²) in [6, 6.07) is 24.8. The Morgan fingerprint density at radius 2 is 1.31 bits per heavy atom. The fourth-order valence-corrected chi connectivity index (χ4v) is 3.62. The van der Waals surface area contributed by atoms with Gasteiger partial charge >= 0.3 is 0 Å². The van der Waals surface area contributed by atoms with Gasteiger partial charge in [-0.05, 0) is 53.8 Å². The molecule has 164 valence electrons. The summed E-state index contributed by atoms with van der Waals surface area (Å²) in [5.41, 5.74) is 5.45. The van der Waals surface area contributed by atoms with Crippen LogP contribution >= 0.6 is 0 Å². The van der Waals surface area contributed by atoms with Gasteiger partial charge in [0.2, 0.25) is 5.82 Å². The number of benzene rings is 3. The molecular formula is C28H30N2O2. The molecule has 0 aliphatic carbocycles. The fraction of sp³-hybridized carbons (Fsp3) is 0.286. The van der Waals surface area contributed by atoms with Crippen LogP contribution in [0.2, 0.25) is 0 Å². The zero-order valence-electron chi connectivity index (χ0n) is 18.9. The third-order valence-corrected chi connectivity index (χ3v) is 5.63. The summed E-state index contributed by atoms with van der Waals surface area (Å²) < 4.78 is 11.3. The summed E-state index contributed by atoms with van der Waals surface area (Å²) in [4.78, 5) is 4.57. The molecule has 0 aliphatic heterocycles. The molecule has 0 aliphatic rings. The molecule has 0 N–H and O–H groups in total. The Bertz CT molecular complexity index is 1100. The first-order chi connectivity index (χ1) is 15.8. The number of hydrogen-bond donors (Lipinski definition) is 0. The number of unbranched alkanes of at least 4 members (excludes halogenated alkanes) is 3. The predicted molar refractivity (Wildman–Crippen MR) is 130 cm³/mol. The van der Waals surface area contributed by atoms with Crippen LogP contribution in [0, 0.1) is 0 Å². The molecule has 3 aromatic carbocycles. The van der Waals surface area contributed by atoms with Gasteiger partial charge in [0.1, 0.15) is 5.75 Å². The lowest BCUT2D eigenvalue weighted by Gasteiger charge is -2.07. The Morgan fingerprint density at radius 3 is 1.97 bits per heavy atom. The van der Waals surface area contributed by atoms with E-state index < -0.39 is 0 Å². The van der Waals surface area contributed by atoms with Gasteiger partial charge in [-0.2, -0.15) is 4.98 Å². The van der Waals surface area contributed by atoms with Crippen LogP contribution in [0.15, 0.2) is 77.3 Å². The Morgan fingerprint density at radius 1 is 0.688 bits per heavy atom. The number of ether oxygens (including phenoxy) is 1. The number of hydrogen-bond acceptors (Lipinski definition) is 4. The fourth-order valence-electron chi connectivity index (χ4n) is 3.62. The van der Waals surface area contributed by atoms with Gasteiger partial charge < -0.3 is 9.26 Å². The highest BCUT2D eigenvalue weighted by molar-refractivity contribution is 5.68. The molecular weight excluding hydrogens is 396 g/mol. The van der Waals surface area contributed by atoms with E-state index in [1.165, 1.54) is 24.8 Å². The van der Waals surface area contributed by atoms with Crippen LogP contribution in [0.3, 0.4) is 0 Å². The molecule has 0 atom stereocenters. The largest absolute Gasteiger partial charge is 0.494 e. The van der Waals surface area contributed by atoms with Crippen molar-refractivity contribution >= 4 is 0 Å². The maximum absolute atomic E-state index is 5.85. The minimum Gasteiger partial charge on any atom is -0.494 e. The number of rotatable bonds is 10. The minimum atomic E-state index is 0.539. The van der Waals surface area contributed by atoms with Crippen molar-refractivity contribution in [1.82, 2.24) is 10.1 Å². The van der Waals surface area contributed by atoms with E-state index in [1.807, 2.05) is 36.4 Å². The second-order valence-corrected chi connectivity index (χ2v) is 7.98. The Kier molecular flexibility index (Phi) is 7.34. The van der Waals surface area contributed by atoms with Crippen molar-refractivity contribution in [3.8, 4) is 39.7 Å². The molecule has 0 bridgehead atoms. The first-order valence-corrected chi connectivity index (χ1v) is 11.5. The van der Waals surface area contributed by atoms with Gasteiger partial charge in [-0.1, -0.05) is 86.8 Å². The highest BCUT2D eigenvalue weighted by Crippen LogP contribution is 2.27. The molecule has 0 spiro atoms. The molecule has 1 aromatic heterocycles. The van der Waals surface area contributed by atoms with Crippen molar-refractivity contribution in [2.75, 3.05) is 6.61 Å². The highest BCUT2D eigenvalue weighted by Gasteiger charge is 2.11. The molecule has 0 fully saturated rings. The zero-order valence-corrected chi connectivity index (χ0v) is 18.9. The van der Waals surface area contributed by atoms with Gasteiger partial charge in [-0.25, -0.2) is 0 Å². The summed E-state index contributed by atoms with van der Waals surface area (Å²) in [6.07, 6.45) is 5.87. The van der Waals surface area contributed by atoms with Gasteiger partial charge in [-0.15, -0.1) is 0 Å². The van der Waals surface area contributed by atoms with Gasteiger partial charge in [0.05, 0.1) is 6.61 Å². The second kappa shape index (κ2) is 10.8. The quantitative estimate of drug-likeness (QED) is 0.245. The summed E-state index contributed by atoms with van der Waals surface area (Å²) in [6.45, 7) is 5.14. The molecule has 32 heavy (non-hydrogen) atoms. The van der Waals surface area contributed by atoms with E-state index in [1.54, 1.807) is 0 Å². The summed E-state index contributed by atoms with van der Waals surface area (Å²) in [5, 5.41) is 4.16. The SMILES string of the molecule is CCCCCCOc1ccc(-c2ccc(-c3noc(-c4ccc(CC)cc4)n3)cc2)cc1. The molecule has 4 aromatic rings. The van der Waals surface area contributed by atoms with Crippen molar-refractivity contribution < 1.29 is 9.26 Å². The minimum absolute atomic E-state index is 0.539. The molecule has 0 saturated heterocycles. The highest BCUT2D eigenvalue weighted by atomic mass is 16.5. The van der Waals surface area contributed by atoms with Crippen molar-refractivity contribution in [1.29, 1.82) is 0 Å². The van der Waals surface area contributed by atoms with E-state index in [0.717, 1.165) is 47.5 Å².